The first-order valence-corrected chi connectivity index (χ1v) is 10.6. The Morgan fingerprint density at radius 3 is 2.59 bits per heavy atom. The summed E-state index contributed by atoms with van der Waals surface area (Å²) in [5, 5.41) is 7.90. The van der Waals surface area contributed by atoms with E-state index in [0.29, 0.717) is 10.6 Å². The lowest BCUT2D eigenvalue weighted by Crippen LogP contribution is -2.16. The molecule has 2 heterocycles. The first kappa shape index (κ1) is 20.1. The van der Waals surface area contributed by atoms with E-state index in [4.69, 9.17) is 16.0 Å². The maximum absolute atomic E-state index is 12.6. The van der Waals surface area contributed by atoms with Gasteiger partial charge in [0.1, 0.15) is 5.58 Å². The molecule has 0 unspecified atom stereocenters. The van der Waals surface area contributed by atoms with Crippen LogP contribution in [0.15, 0.2) is 82.3 Å². The quantitative estimate of drug-likeness (QED) is 0.259. The van der Waals surface area contributed by atoms with Gasteiger partial charge in [-0.15, -0.1) is 0 Å². The van der Waals surface area contributed by atoms with E-state index in [0.717, 1.165) is 38.8 Å². The van der Waals surface area contributed by atoms with Crippen molar-refractivity contribution in [2.45, 2.75) is 13.8 Å². The second-order valence-electron chi connectivity index (χ2n) is 7.65. The summed E-state index contributed by atoms with van der Waals surface area (Å²) in [6.45, 7) is 4.03. The van der Waals surface area contributed by atoms with Gasteiger partial charge in [-0.05, 0) is 67.1 Å². The number of carbonyl (C=O) groups excluding carboxylic acids is 1. The number of furan rings is 1. The van der Waals surface area contributed by atoms with Crippen LogP contribution in [0.1, 0.15) is 27.5 Å². The van der Waals surface area contributed by atoms with Crippen molar-refractivity contribution >= 4 is 45.5 Å². The molecule has 0 fully saturated rings. The number of nitrogens with zero attached hydrogens (tertiary/aromatic N) is 2. The van der Waals surface area contributed by atoms with Crippen molar-refractivity contribution in [3.63, 3.8) is 0 Å². The molecule has 158 valence electrons. The van der Waals surface area contributed by atoms with Crippen LogP contribution < -0.4 is 5.43 Å². The molecule has 0 atom stereocenters. The van der Waals surface area contributed by atoms with Crippen molar-refractivity contribution in [1.82, 2.24) is 9.99 Å². The van der Waals surface area contributed by atoms with Gasteiger partial charge in [-0.25, -0.2) is 5.43 Å². The number of nitrogens with one attached hydrogen (secondary N) is 1. The van der Waals surface area contributed by atoms with Crippen LogP contribution in [-0.2, 0) is 0 Å². The predicted octanol–water partition coefficient (Wildman–Crippen LogP) is 6.41. The molecule has 1 amide bonds. The molecule has 0 aliphatic rings. The van der Waals surface area contributed by atoms with Crippen LogP contribution in [0.25, 0.3) is 27.4 Å². The topological polar surface area (TPSA) is 59.5 Å². The van der Waals surface area contributed by atoms with Crippen LogP contribution >= 0.6 is 11.6 Å². The maximum atomic E-state index is 12.6. The van der Waals surface area contributed by atoms with E-state index in [1.165, 1.54) is 0 Å². The summed E-state index contributed by atoms with van der Waals surface area (Å²) in [6.07, 6.45) is 1.64. The number of aromatic nitrogens is 1. The summed E-state index contributed by atoms with van der Waals surface area (Å²) in [5.41, 5.74) is 7.24. The highest BCUT2D eigenvalue weighted by atomic mass is 35.5. The first-order chi connectivity index (χ1) is 15.5. The number of halogens is 1. The number of carbonyl (C=O) groups is 1. The van der Waals surface area contributed by atoms with Gasteiger partial charge < -0.3 is 8.98 Å². The minimum Gasteiger partial charge on any atom is -0.451 e. The Labute approximate surface area is 189 Å². The zero-order chi connectivity index (χ0) is 22.2. The highest BCUT2D eigenvalue weighted by Gasteiger charge is 2.14. The zero-order valence-electron chi connectivity index (χ0n) is 17.6. The highest BCUT2D eigenvalue weighted by Crippen LogP contribution is 2.28. The fourth-order valence-electron chi connectivity index (χ4n) is 4.03. The van der Waals surface area contributed by atoms with E-state index < -0.39 is 5.91 Å². The van der Waals surface area contributed by atoms with Crippen molar-refractivity contribution in [2.24, 2.45) is 5.10 Å². The SMILES string of the molecule is Cc1cc(C=NNC(=O)c2cc3c(ccc4ccccc43)o2)c(C)n1-c1ccc(Cl)cc1. The number of amides is 1. The Morgan fingerprint density at radius 1 is 1.00 bits per heavy atom. The van der Waals surface area contributed by atoms with Crippen LogP contribution in [0.3, 0.4) is 0 Å². The van der Waals surface area contributed by atoms with Gasteiger partial charge in [0.25, 0.3) is 0 Å². The standard InChI is InChI=1S/C26H20ClN3O2/c1-16-13-19(17(2)30(16)21-10-8-20(27)9-11-21)15-28-29-26(31)25-14-23-22-6-4-3-5-18(22)7-12-24(23)32-25/h3-15H,1-2H3,(H,29,31). The largest absolute Gasteiger partial charge is 0.451 e. The first-order valence-electron chi connectivity index (χ1n) is 10.2. The molecule has 1 N–H and O–H groups in total. The molecule has 5 aromatic rings. The van der Waals surface area contributed by atoms with Crippen LogP contribution in [-0.4, -0.2) is 16.7 Å². The number of benzene rings is 3. The van der Waals surface area contributed by atoms with Crippen LogP contribution in [0.5, 0.6) is 0 Å². The molecule has 2 aromatic heterocycles. The summed E-state index contributed by atoms with van der Waals surface area (Å²) in [6, 6.07) is 23.3. The predicted molar refractivity (Wildman–Crippen MR) is 129 cm³/mol. The third kappa shape index (κ3) is 3.57. The van der Waals surface area contributed by atoms with Gasteiger partial charge in [0, 0.05) is 33.0 Å². The lowest BCUT2D eigenvalue weighted by Gasteiger charge is -2.09. The van der Waals surface area contributed by atoms with E-state index >= 15 is 0 Å². The Morgan fingerprint density at radius 2 is 1.78 bits per heavy atom. The average molecular weight is 442 g/mol. The fourth-order valence-corrected chi connectivity index (χ4v) is 4.15. The zero-order valence-corrected chi connectivity index (χ0v) is 18.4. The molecular formula is C26H20ClN3O2. The van der Waals surface area contributed by atoms with Gasteiger partial charge in [-0.2, -0.15) is 5.10 Å². The summed E-state index contributed by atoms with van der Waals surface area (Å²) in [7, 11) is 0. The number of rotatable bonds is 4. The van der Waals surface area contributed by atoms with E-state index in [2.05, 4.69) is 15.1 Å². The van der Waals surface area contributed by atoms with Gasteiger partial charge >= 0.3 is 5.91 Å². The summed E-state index contributed by atoms with van der Waals surface area (Å²) < 4.78 is 7.87. The third-order valence-corrected chi connectivity index (χ3v) is 5.83. The van der Waals surface area contributed by atoms with Crippen molar-refractivity contribution in [1.29, 1.82) is 0 Å². The van der Waals surface area contributed by atoms with Gasteiger partial charge in [-0.1, -0.05) is 41.9 Å². The second-order valence-corrected chi connectivity index (χ2v) is 8.08. The molecule has 0 aliphatic heterocycles. The molecule has 5 rings (SSSR count). The summed E-state index contributed by atoms with van der Waals surface area (Å²) in [5.74, 6) is -0.173. The summed E-state index contributed by atoms with van der Waals surface area (Å²) >= 11 is 6.01. The molecule has 0 bridgehead atoms. The second kappa shape index (κ2) is 8.02. The maximum Gasteiger partial charge on any atom is 0.307 e. The van der Waals surface area contributed by atoms with E-state index in [-0.39, 0.29) is 5.76 Å². The van der Waals surface area contributed by atoms with Gasteiger partial charge in [0.15, 0.2) is 5.76 Å². The number of fused-ring (bicyclic) bond motifs is 3. The van der Waals surface area contributed by atoms with E-state index in [9.17, 15) is 4.79 Å². The lowest BCUT2D eigenvalue weighted by molar-refractivity contribution is 0.0929. The minimum absolute atomic E-state index is 0.222. The monoisotopic (exact) mass is 441 g/mol. The number of hydrogen-bond donors (Lipinski definition) is 1. The van der Waals surface area contributed by atoms with Crippen LogP contribution in [0.4, 0.5) is 0 Å². The minimum atomic E-state index is -0.395. The Balaban J connectivity index is 1.37. The lowest BCUT2D eigenvalue weighted by atomic mass is 10.1. The van der Waals surface area contributed by atoms with Crippen LogP contribution in [0.2, 0.25) is 5.02 Å². The van der Waals surface area contributed by atoms with Crippen molar-refractivity contribution in [2.75, 3.05) is 0 Å². The molecule has 5 nitrogen and oxygen atoms in total. The number of aryl methyl sites for hydroxylation is 1. The molecule has 0 aliphatic carbocycles. The molecule has 0 saturated carbocycles. The molecule has 3 aromatic carbocycles. The van der Waals surface area contributed by atoms with Gasteiger partial charge in [0.05, 0.1) is 6.21 Å². The average Bonchev–Trinajstić information content (AvgIpc) is 3.36. The van der Waals surface area contributed by atoms with Crippen LogP contribution in [0, 0.1) is 13.8 Å². The molecule has 32 heavy (non-hydrogen) atoms. The van der Waals surface area contributed by atoms with E-state index in [1.807, 2.05) is 80.6 Å². The van der Waals surface area contributed by atoms with Gasteiger partial charge in [-0.3, -0.25) is 4.79 Å². The van der Waals surface area contributed by atoms with Crippen molar-refractivity contribution < 1.29 is 9.21 Å². The smallest absolute Gasteiger partial charge is 0.307 e. The molecule has 0 radical (unpaired) electrons. The molecule has 0 saturated heterocycles. The van der Waals surface area contributed by atoms with Crippen molar-refractivity contribution in [3.8, 4) is 5.69 Å². The Hall–Kier alpha value is -3.83. The molecular weight excluding hydrogens is 422 g/mol. The normalized spacial score (nSPS) is 11.6. The molecule has 0 spiro atoms. The Kier molecular flexibility index (Phi) is 5.04. The van der Waals surface area contributed by atoms with Gasteiger partial charge in [0.2, 0.25) is 0 Å². The highest BCUT2D eigenvalue weighted by molar-refractivity contribution is 6.30. The fraction of sp³-hybridized carbons (Fsp3) is 0.0769. The van der Waals surface area contributed by atoms with E-state index in [1.54, 1.807) is 12.3 Å². The third-order valence-electron chi connectivity index (χ3n) is 5.57. The number of hydrogen-bond acceptors (Lipinski definition) is 3. The Bertz CT molecular complexity index is 1490. The molecule has 6 heteroatoms. The summed E-state index contributed by atoms with van der Waals surface area (Å²) in [4.78, 5) is 12.6. The number of hydrazone groups is 1. The van der Waals surface area contributed by atoms with Crippen molar-refractivity contribution in [3.05, 3.63) is 101 Å².